The van der Waals surface area contributed by atoms with Crippen LogP contribution in [-0.2, 0) is 6.18 Å². The summed E-state index contributed by atoms with van der Waals surface area (Å²) in [6.07, 6.45) is -2.25. The maximum Gasteiger partial charge on any atom is 0.416 e. The van der Waals surface area contributed by atoms with E-state index < -0.39 is 11.7 Å². The zero-order valence-corrected chi connectivity index (χ0v) is 21.0. The molecule has 0 radical (unpaired) electrons. The highest BCUT2D eigenvalue weighted by molar-refractivity contribution is 6.01. The van der Waals surface area contributed by atoms with Crippen LogP contribution < -0.4 is 10.9 Å². The molecule has 6 nitrogen and oxygen atoms in total. The van der Waals surface area contributed by atoms with E-state index in [9.17, 15) is 18.0 Å². The molecule has 39 heavy (non-hydrogen) atoms. The topological polar surface area (TPSA) is 76.8 Å². The summed E-state index contributed by atoms with van der Waals surface area (Å²) in [5, 5.41) is 4.45. The third-order valence-electron chi connectivity index (χ3n) is 8.15. The molecule has 2 aromatic heterocycles. The van der Waals surface area contributed by atoms with Gasteiger partial charge in [0, 0.05) is 18.0 Å². The second-order valence-corrected chi connectivity index (χ2v) is 10.5. The number of halogens is 3. The number of rotatable bonds is 4. The molecule has 1 atom stereocenters. The Hall–Kier alpha value is -4.11. The van der Waals surface area contributed by atoms with Crippen molar-refractivity contribution in [2.75, 3.05) is 25.0 Å². The number of fused-ring (bicyclic) bond motifs is 5. The van der Waals surface area contributed by atoms with E-state index in [4.69, 9.17) is 4.98 Å². The summed E-state index contributed by atoms with van der Waals surface area (Å²) in [5.74, 6) is 0.937. The van der Waals surface area contributed by atoms with E-state index in [1.54, 1.807) is 18.2 Å². The van der Waals surface area contributed by atoms with Crippen molar-refractivity contribution in [2.45, 2.75) is 25.1 Å². The van der Waals surface area contributed by atoms with Crippen LogP contribution in [0.15, 0.2) is 71.5 Å². The van der Waals surface area contributed by atoms with Crippen LogP contribution in [0.5, 0.6) is 0 Å². The lowest BCUT2D eigenvalue weighted by Crippen LogP contribution is -2.53. The fraction of sp³-hybridized carbons (Fsp3) is 0.267. The maximum atomic E-state index is 13.6. The monoisotopic (exact) mass is 529 g/mol. The number of imidazole rings is 1. The second kappa shape index (κ2) is 8.98. The SMILES string of the molecule is O=c1[nH]c2ccc(-c3cccc(C(F)(F)F)c3)cc2c(N[C@H]2CN3CCC2CC3)c1-c1nc2ccccc2[nH]1. The van der Waals surface area contributed by atoms with Crippen LogP contribution in [0.3, 0.4) is 0 Å². The molecule has 0 amide bonds. The highest BCUT2D eigenvalue weighted by atomic mass is 19.4. The van der Waals surface area contributed by atoms with Gasteiger partial charge in [0.1, 0.15) is 11.4 Å². The maximum absolute atomic E-state index is 13.6. The predicted octanol–water partition coefficient (Wildman–Crippen LogP) is 6.26. The minimum atomic E-state index is -4.44. The number of pyridine rings is 1. The van der Waals surface area contributed by atoms with Crippen LogP contribution in [0.1, 0.15) is 18.4 Å². The molecule has 0 saturated carbocycles. The molecule has 2 bridgehead atoms. The summed E-state index contributed by atoms with van der Waals surface area (Å²) in [6, 6.07) is 18.4. The van der Waals surface area contributed by atoms with Gasteiger partial charge in [-0.05, 0) is 79.4 Å². The molecule has 8 rings (SSSR count). The fourth-order valence-corrected chi connectivity index (χ4v) is 6.11. The normalized spacial score (nSPS) is 21.1. The summed E-state index contributed by atoms with van der Waals surface area (Å²) in [6.45, 7) is 3.04. The molecule has 0 spiro atoms. The van der Waals surface area contributed by atoms with Crippen molar-refractivity contribution in [3.05, 3.63) is 82.6 Å². The lowest BCUT2D eigenvalue weighted by molar-refractivity contribution is -0.137. The highest BCUT2D eigenvalue weighted by Crippen LogP contribution is 2.38. The van der Waals surface area contributed by atoms with Crippen LogP contribution in [0.4, 0.5) is 18.9 Å². The first-order valence-corrected chi connectivity index (χ1v) is 13.2. The van der Waals surface area contributed by atoms with Crippen molar-refractivity contribution in [3.8, 4) is 22.5 Å². The Morgan fingerprint density at radius 3 is 2.44 bits per heavy atom. The molecule has 198 valence electrons. The first-order chi connectivity index (χ1) is 18.8. The number of para-hydroxylation sites is 2. The number of aromatic amines is 2. The molecule has 9 heteroatoms. The van der Waals surface area contributed by atoms with Gasteiger partial charge in [0.25, 0.3) is 5.56 Å². The molecule has 3 saturated heterocycles. The first kappa shape index (κ1) is 24.0. The van der Waals surface area contributed by atoms with Gasteiger partial charge in [-0.3, -0.25) is 4.79 Å². The van der Waals surface area contributed by atoms with Crippen LogP contribution in [0.25, 0.3) is 44.5 Å². The summed E-state index contributed by atoms with van der Waals surface area (Å²) in [4.78, 5) is 27.0. The quantitative estimate of drug-likeness (QED) is 0.257. The molecule has 0 unspecified atom stereocenters. The lowest BCUT2D eigenvalue weighted by Gasteiger charge is -2.45. The minimum Gasteiger partial charge on any atom is -0.379 e. The van der Waals surface area contributed by atoms with E-state index in [1.807, 2.05) is 30.3 Å². The first-order valence-electron chi connectivity index (χ1n) is 13.2. The Kier molecular flexibility index (Phi) is 5.52. The predicted molar refractivity (Wildman–Crippen MR) is 147 cm³/mol. The molecular weight excluding hydrogens is 503 g/mol. The number of hydrogen-bond acceptors (Lipinski definition) is 4. The molecular formula is C30H26F3N5O. The standard InChI is InChI=1S/C30H26F3N5O/c31-30(32,33)20-5-3-4-18(14-20)19-8-9-22-21(15-19)27(34-25-16-38-12-10-17(25)11-13-38)26(29(39)37-22)28-35-23-6-1-2-7-24(23)36-28/h1-9,14-15,17,25H,10-13,16H2,(H,35,36)(H2,34,37,39)/t25-/m0/s1. The van der Waals surface area contributed by atoms with Gasteiger partial charge < -0.3 is 20.2 Å². The molecule has 5 aromatic rings. The summed E-state index contributed by atoms with van der Waals surface area (Å²) in [5.41, 5.74) is 3.34. The number of alkyl halides is 3. The van der Waals surface area contributed by atoms with Crippen LogP contribution >= 0.6 is 0 Å². The van der Waals surface area contributed by atoms with Crippen molar-refractivity contribution in [3.63, 3.8) is 0 Å². The number of hydrogen-bond donors (Lipinski definition) is 3. The fourth-order valence-electron chi connectivity index (χ4n) is 6.11. The Bertz CT molecular complexity index is 1730. The summed E-state index contributed by atoms with van der Waals surface area (Å²) < 4.78 is 40.3. The van der Waals surface area contributed by atoms with Gasteiger partial charge in [0.05, 0.1) is 27.8 Å². The molecule has 3 aromatic carbocycles. The van der Waals surface area contributed by atoms with Gasteiger partial charge in [-0.15, -0.1) is 0 Å². The van der Waals surface area contributed by atoms with Crippen molar-refractivity contribution in [1.82, 2.24) is 19.9 Å². The Morgan fingerprint density at radius 1 is 0.897 bits per heavy atom. The third kappa shape index (κ3) is 4.27. The van der Waals surface area contributed by atoms with E-state index in [-0.39, 0.29) is 11.6 Å². The zero-order chi connectivity index (χ0) is 26.7. The molecule has 0 aliphatic carbocycles. The number of nitrogens with zero attached hydrogens (tertiary/aromatic N) is 2. The average Bonchev–Trinajstić information content (AvgIpc) is 3.37. The van der Waals surface area contributed by atoms with Gasteiger partial charge in [-0.1, -0.05) is 30.3 Å². The number of benzene rings is 3. The van der Waals surface area contributed by atoms with Crippen molar-refractivity contribution in [2.24, 2.45) is 5.92 Å². The van der Waals surface area contributed by atoms with E-state index in [0.717, 1.165) is 61.0 Å². The third-order valence-corrected chi connectivity index (χ3v) is 8.15. The van der Waals surface area contributed by atoms with Gasteiger partial charge in [0.15, 0.2) is 0 Å². The second-order valence-electron chi connectivity index (χ2n) is 10.5. The number of piperidine rings is 3. The highest BCUT2D eigenvalue weighted by Gasteiger charge is 2.35. The van der Waals surface area contributed by atoms with E-state index in [2.05, 4.69) is 20.2 Å². The Balaban J connectivity index is 1.43. The lowest BCUT2D eigenvalue weighted by atomic mass is 9.83. The zero-order valence-electron chi connectivity index (χ0n) is 21.0. The Labute approximate surface area is 221 Å². The number of aromatic nitrogens is 3. The number of anilines is 1. The molecule has 5 heterocycles. The molecule has 3 aliphatic rings. The molecule has 3 fully saturated rings. The minimum absolute atomic E-state index is 0.151. The number of nitrogens with one attached hydrogen (secondary N) is 3. The Morgan fingerprint density at radius 2 is 1.69 bits per heavy atom. The van der Waals surface area contributed by atoms with Gasteiger partial charge in [-0.25, -0.2) is 4.98 Å². The van der Waals surface area contributed by atoms with Gasteiger partial charge >= 0.3 is 6.18 Å². The van der Waals surface area contributed by atoms with Crippen molar-refractivity contribution >= 4 is 27.6 Å². The van der Waals surface area contributed by atoms with E-state index in [0.29, 0.717) is 39.6 Å². The van der Waals surface area contributed by atoms with Gasteiger partial charge in [0.2, 0.25) is 0 Å². The molecule has 3 N–H and O–H groups in total. The summed E-state index contributed by atoms with van der Waals surface area (Å²) >= 11 is 0. The van der Waals surface area contributed by atoms with Crippen LogP contribution in [-0.4, -0.2) is 45.5 Å². The molecule has 3 aliphatic heterocycles. The van der Waals surface area contributed by atoms with Crippen molar-refractivity contribution < 1.29 is 13.2 Å². The summed E-state index contributed by atoms with van der Waals surface area (Å²) in [7, 11) is 0. The van der Waals surface area contributed by atoms with Crippen molar-refractivity contribution in [1.29, 1.82) is 0 Å². The van der Waals surface area contributed by atoms with E-state index in [1.165, 1.54) is 6.07 Å². The van der Waals surface area contributed by atoms with E-state index >= 15 is 0 Å². The van der Waals surface area contributed by atoms with Crippen LogP contribution in [0.2, 0.25) is 0 Å². The smallest absolute Gasteiger partial charge is 0.379 e. The average molecular weight is 530 g/mol. The number of H-pyrrole nitrogens is 2. The largest absolute Gasteiger partial charge is 0.416 e. The van der Waals surface area contributed by atoms with Gasteiger partial charge in [-0.2, -0.15) is 13.2 Å². The van der Waals surface area contributed by atoms with Crippen LogP contribution in [0, 0.1) is 5.92 Å².